The summed E-state index contributed by atoms with van der Waals surface area (Å²) in [5.74, 6) is 1.03. The monoisotopic (exact) mass is 205 g/mol. The maximum absolute atomic E-state index is 11.4. The Bertz CT molecular complexity index is 387. The molecule has 1 heterocycles. The molecule has 0 saturated carbocycles. The zero-order valence-corrected chi connectivity index (χ0v) is 9.04. The molecule has 0 saturated heterocycles. The average molecular weight is 205 g/mol. The Balaban J connectivity index is 2.40. The number of rotatable bonds is 2. The summed E-state index contributed by atoms with van der Waals surface area (Å²) in [6, 6.07) is 5.76. The van der Waals surface area contributed by atoms with E-state index in [2.05, 4.69) is 5.32 Å². The molecule has 2 rings (SSSR count). The van der Waals surface area contributed by atoms with Crippen LogP contribution < -0.4 is 10.1 Å². The van der Waals surface area contributed by atoms with Gasteiger partial charge in [0, 0.05) is 6.54 Å². The van der Waals surface area contributed by atoms with E-state index in [9.17, 15) is 4.79 Å². The highest BCUT2D eigenvalue weighted by molar-refractivity contribution is 5.83. The van der Waals surface area contributed by atoms with Gasteiger partial charge in [-0.2, -0.15) is 0 Å². The lowest BCUT2D eigenvalue weighted by Gasteiger charge is -2.25. The van der Waals surface area contributed by atoms with Gasteiger partial charge in [-0.25, -0.2) is 0 Å². The number of Topliss-reactive ketones (excluding diaryl/α,β-unsaturated/α-hetero) is 1. The minimum absolute atomic E-state index is 0.139. The summed E-state index contributed by atoms with van der Waals surface area (Å²) < 4.78 is 5.17. The minimum atomic E-state index is -0.139. The van der Waals surface area contributed by atoms with E-state index in [0.717, 1.165) is 24.3 Å². The van der Waals surface area contributed by atoms with Gasteiger partial charge in [0.05, 0.1) is 13.2 Å². The maximum Gasteiger partial charge on any atom is 0.151 e. The highest BCUT2D eigenvalue weighted by atomic mass is 16.5. The minimum Gasteiger partial charge on any atom is -0.497 e. The third-order valence-corrected chi connectivity index (χ3v) is 2.81. The molecule has 1 aliphatic heterocycles. The molecular formula is C12H15NO2. The summed E-state index contributed by atoms with van der Waals surface area (Å²) in [4.78, 5) is 11.4. The second-order valence-corrected chi connectivity index (χ2v) is 3.81. The van der Waals surface area contributed by atoms with Gasteiger partial charge in [0.25, 0.3) is 0 Å². The Labute approximate surface area is 89.4 Å². The summed E-state index contributed by atoms with van der Waals surface area (Å²) in [5, 5.41) is 3.22. The van der Waals surface area contributed by atoms with Gasteiger partial charge >= 0.3 is 0 Å². The highest BCUT2D eigenvalue weighted by Gasteiger charge is 2.23. The van der Waals surface area contributed by atoms with Crippen LogP contribution >= 0.6 is 0 Å². The fourth-order valence-corrected chi connectivity index (χ4v) is 2.03. The molecule has 0 bridgehead atoms. The topological polar surface area (TPSA) is 38.3 Å². The molecule has 0 spiro atoms. The number of ketones is 1. The summed E-state index contributed by atoms with van der Waals surface area (Å²) >= 11 is 0. The Morgan fingerprint density at radius 3 is 3.00 bits per heavy atom. The van der Waals surface area contributed by atoms with Crippen molar-refractivity contribution in [1.82, 2.24) is 5.32 Å². The van der Waals surface area contributed by atoms with Crippen molar-refractivity contribution >= 4 is 5.78 Å². The van der Waals surface area contributed by atoms with Crippen molar-refractivity contribution in [1.29, 1.82) is 0 Å². The van der Waals surface area contributed by atoms with Gasteiger partial charge in [0.15, 0.2) is 5.78 Å². The second-order valence-electron chi connectivity index (χ2n) is 3.81. The number of carbonyl (C=O) groups excluding carboxylic acids is 1. The maximum atomic E-state index is 11.4. The van der Waals surface area contributed by atoms with E-state index in [1.165, 1.54) is 5.56 Å². The number of methoxy groups -OCH3 is 1. The molecule has 1 aromatic carbocycles. The van der Waals surface area contributed by atoms with E-state index in [4.69, 9.17) is 4.74 Å². The highest BCUT2D eigenvalue weighted by Crippen LogP contribution is 2.27. The average Bonchev–Trinajstić information content (AvgIpc) is 2.27. The first-order valence-electron chi connectivity index (χ1n) is 5.13. The summed E-state index contributed by atoms with van der Waals surface area (Å²) in [5.41, 5.74) is 2.31. The van der Waals surface area contributed by atoms with Crippen molar-refractivity contribution in [3.8, 4) is 5.75 Å². The predicted molar refractivity (Wildman–Crippen MR) is 58.1 cm³/mol. The van der Waals surface area contributed by atoms with E-state index in [0.29, 0.717) is 0 Å². The van der Waals surface area contributed by atoms with Gasteiger partial charge < -0.3 is 10.1 Å². The first kappa shape index (κ1) is 10.2. The third kappa shape index (κ3) is 1.88. The van der Waals surface area contributed by atoms with Gasteiger partial charge in [-0.1, -0.05) is 6.07 Å². The van der Waals surface area contributed by atoms with Gasteiger partial charge in [-0.05, 0) is 36.6 Å². The number of carbonyl (C=O) groups is 1. The molecule has 1 atom stereocenters. The van der Waals surface area contributed by atoms with Crippen molar-refractivity contribution in [2.45, 2.75) is 19.4 Å². The lowest BCUT2D eigenvalue weighted by Crippen LogP contribution is -2.33. The van der Waals surface area contributed by atoms with Crippen LogP contribution in [0.3, 0.4) is 0 Å². The lowest BCUT2D eigenvalue weighted by atomic mass is 9.92. The molecule has 3 nitrogen and oxygen atoms in total. The Morgan fingerprint density at radius 2 is 2.33 bits per heavy atom. The molecule has 15 heavy (non-hydrogen) atoms. The molecule has 80 valence electrons. The van der Waals surface area contributed by atoms with Crippen molar-refractivity contribution in [3.63, 3.8) is 0 Å². The van der Waals surface area contributed by atoms with Crippen LogP contribution in [0, 0.1) is 0 Å². The van der Waals surface area contributed by atoms with Crippen LogP contribution in [-0.2, 0) is 11.2 Å². The summed E-state index contributed by atoms with van der Waals surface area (Å²) in [6.45, 7) is 2.47. The van der Waals surface area contributed by atoms with Crippen LogP contribution in [0.1, 0.15) is 24.1 Å². The second kappa shape index (κ2) is 4.03. The largest absolute Gasteiger partial charge is 0.497 e. The first-order valence-corrected chi connectivity index (χ1v) is 5.13. The van der Waals surface area contributed by atoms with Crippen molar-refractivity contribution in [3.05, 3.63) is 29.3 Å². The van der Waals surface area contributed by atoms with E-state index >= 15 is 0 Å². The third-order valence-electron chi connectivity index (χ3n) is 2.81. The first-order chi connectivity index (χ1) is 7.22. The molecule has 0 radical (unpaired) electrons. The lowest BCUT2D eigenvalue weighted by molar-refractivity contribution is -0.119. The van der Waals surface area contributed by atoms with Gasteiger partial charge in [0.2, 0.25) is 0 Å². The normalized spacial score (nSPS) is 19.5. The Morgan fingerprint density at radius 1 is 1.53 bits per heavy atom. The van der Waals surface area contributed by atoms with Gasteiger partial charge in [0.1, 0.15) is 5.75 Å². The number of benzene rings is 1. The van der Waals surface area contributed by atoms with Gasteiger partial charge in [-0.3, -0.25) is 4.79 Å². The van der Waals surface area contributed by atoms with E-state index in [1.54, 1.807) is 14.0 Å². The zero-order valence-electron chi connectivity index (χ0n) is 9.04. The van der Waals surface area contributed by atoms with E-state index < -0.39 is 0 Å². The standard InChI is InChI=1S/C12H15NO2/c1-8(14)12-11-4-3-10(15-2)7-9(11)5-6-13-12/h3-4,7,12-13H,5-6H2,1-2H3/t12-/m0/s1. The Kier molecular flexibility index (Phi) is 2.73. The van der Waals surface area contributed by atoms with Crippen LogP contribution in [0.25, 0.3) is 0 Å². The number of nitrogens with one attached hydrogen (secondary N) is 1. The fraction of sp³-hybridized carbons (Fsp3) is 0.417. The fourth-order valence-electron chi connectivity index (χ4n) is 2.03. The Hall–Kier alpha value is -1.35. The molecule has 0 aliphatic carbocycles. The summed E-state index contributed by atoms with van der Waals surface area (Å²) in [7, 11) is 1.66. The molecule has 0 amide bonds. The van der Waals surface area contributed by atoms with E-state index in [-0.39, 0.29) is 11.8 Å². The molecule has 1 N–H and O–H groups in total. The van der Waals surface area contributed by atoms with Gasteiger partial charge in [-0.15, -0.1) is 0 Å². The van der Waals surface area contributed by atoms with Crippen LogP contribution in [0.2, 0.25) is 0 Å². The van der Waals surface area contributed by atoms with Crippen molar-refractivity contribution < 1.29 is 9.53 Å². The summed E-state index contributed by atoms with van der Waals surface area (Å²) in [6.07, 6.45) is 0.955. The van der Waals surface area contributed by atoms with Crippen molar-refractivity contribution in [2.24, 2.45) is 0 Å². The number of hydrogen-bond donors (Lipinski definition) is 1. The van der Waals surface area contributed by atoms with Crippen LogP contribution in [0.4, 0.5) is 0 Å². The predicted octanol–water partition coefficient (Wildman–Crippen LogP) is 1.47. The van der Waals surface area contributed by atoms with Crippen LogP contribution in [-0.4, -0.2) is 19.4 Å². The van der Waals surface area contributed by atoms with Crippen LogP contribution in [0.5, 0.6) is 5.75 Å². The number of fused-ring (bicyclic) bond motifs is 1. The number of ether oxygens (including phenoxy) is 1. The smallest absolute Gasteiger partial charge is 0.151 e. The molecule has 3 heteroatoms. The molecule has 1 aliphatic rings. The molecule has 0 unspecified atom stereocenters. The van der Waals surface area contributed by atoms with Crippen molar-refractivity contribution in [2.75, 3.05) is 13.7 Å². The SMILES string of the molecule is COc1ccc2c(c1)CCN[C@H]2C(C)=O. The van der Waals surface area contributed by atoms with E-state index in [1.807, 2.05) is 18.2 Å². The number of hydrogen-bond acceptors (Lipinski definition) is 3. The van der Waals surface area contributed by atoms with Crippen LogP contribution in [0.15, 0.2) is 18.2 Å². The molecule has 0 fully saturated rings. The zero-order chi connectivity index (χ0) is 10.8. The molecule has 1 aromatic rings. The quantitative estimate of drug-likeness (QED) is 0.794. The molecular weight excluding hydrogens is 190 g/mol. The molecule has 0 aromatic heterocycles.